The highest BCUT2D eigenvalue weighted by atomic mass is 16.7. The van der Waals surface area contributed by atoms with Gasteiger partial charge in [0.1, 0.15) is 6.04 Å². The van der Waals surface area contributed by atoms with Crippen molar-refractivity contribution in [3.8, 4) is 0 Å². The molecule has 2 aliphatic rings. The van der Waals surface area contributed by atoms with Gasteiger partial charge < -0.3 is 15.5 Å². The maximum absolute atomic E-state index is 12.5. The van der Waals surface area contributed by atoms with E-state index in [0.29, 0.717) is 37.0 Å². The molecule has 10 heteroatoms. The molecule has 158 valence electrons. The Morgan fingerprint density at radius 1 is 1.04 bits per heavy atom. The predicted molar refractivity (Wildman–Crippen MR) is 101 cm³/mol. The number of amides is 4. The summed E-state index contributed by atoms with van der Waals surface area (Å²) in [6.07, 6.45) is 0.613. The Labute approximate surface area is 165 Å². The minimum absolute atomic E-state index is 0.00665. The summed E-state index contributed by atoms with van der Waals surface area (Å²) in [4.78, 5) is 55.9. The molecule has 0 saturated carbocycles. The molecule has 0 aromatic carbocycles. The highest BCUT2D eigenvalue weighted by Gasteiger charge is 2.38. The lowest BCUT2D eigenvalue weighted by Crippen LogP contribution is -2.64. The standard InChI is InChI=1S/C18H31N5O5/c1-12-11-21(3)16(13(2)22(12)4)17(26)19-9-5-6-10-20-18(27)28-23-14(24)7-8-15(23)25/h12-13,16H,5-11H2,1-4H3,(H,19,26)(H,20,27)/i1+1,3+1,4+1,11+1,12+1,13+1,16+1,19+1,20+1,22+1. The van der Waals surface area contributed by atoms with E-state index in [-0.39, 0.29) is 30.8 Å². The van der Waals surface area contributed by atoms with Crippen LogP contribution in [0.25, 0.3) is 0 Å². The van der Waals surface area contributed by atoms with Crippen LogP contribution in [0.1, 0.15) is 39.5 Å². The first-order chi connectivity index (χ1) is 13.2. The number of hydroxylamine groups is 2. The molecule has 0 bridgehead atoms. The van der Waals surface area contributed by atoms with Crippen molar-refractivity contribution >= 4 is 23.8 Å². The number of likely N-dealkylation sites (N-methyl/N-ethyl adjacent to an activating group) is 2. The lowest BCUT2D eigenvalue weighted by Gasteiger charge is -2.46. The zero-order chi connectivity index (χ0) is 20.8. The molecule has 0 radical (unpaired) electrons. The van der Waals surface area contributed by atoms with Crippen molar-refractivity contribution in [2.24, 2.45) is 0 Å². The van der Waals surface area contributed by atoms with Crippen molar-refractivity contribution in [2.45, 2.75) is 57.7 Å². The summed E-state index contributed by atoms with van der Waals surface area (Å²) >= 11 is 0. The smallest absolute Gasteiger partial charge is 0.355 e. The number of rotatable bonds is 7. The van der Waals surface area contributed by atoms with Crippen LogP contribution in [0.5, 0.6) is 0 Å². The number of unbranched alkanes of at least 4 members (excludes halogenated alkanes) is 1. The Hall–Kier alpha value is -2.20. The van der Waals surface area contributed by atoms with Crippen molar-refractivity contribution < 1.29 is 24.0 Å². The lowest BCUT2D eigenvalue weighted by molar-refractivity contribution is -0.171. The molecule has 0 spiro atoms. The van der Waals surface area contributed by atoms with E-state index in [4.69, 9.17) is 4.84 Å². The fourth-order valence-corrected chi connectivity index (χ4v) is 3.60. The third-order valence-electron chi connectivity index (χ3n) is 5.44. The molecule has 4 amide bonds. The lowest BCUT2D eigenvalue weighted by atomic mass is 10.3. The summed E-state index contributed by atoms with van der Waals surface area (Å²) in [6, 6.07) is 0.340. The normalized spacial score (nSPS) is 26.4. The summed E-state index contributed by atoms with van der Waals surface area (Å²) in [5.41, 5.74) is 0. The first-order valence-electron chi connectivity index (χ1n) is 9.73. The van der Waals surface area contributed by atoms with E-state index in [9.17, 15) is 19.2 Å². The third kappa shape index (κ3) is 5.41. The quantitative estimate of drug-likeness (QED) is 0.258. The Morgan fingerprint density at radius 2 is 1.61 bits per heavy atom. The van der Waals surface area contributed by atoms with Crippen molar-refractivity contribution in [3.63, 3.8) is 0 Å². The Balaban J connectivity index is 1.61. The molecule has 10 nitrogen and oxygen atoms in total. The molecule has 0 aliphatic carbocycles. The van der Waals surface area contributed by atoms with E-state index < -0.39 is 17.9 Å². The van der Waals surface area contributed by atoms with E-state index >= 15 is 0 Å². The van der Waals surface area contributed by atoms with Gasteiger partial charge in [0, 0.05) is 44.6 Å². The maximum Gasteiger partial charge on any atom is 0.432 e. The molecule has 28 heavy (non-hydrogen) atoms. The first-order valence-corrected chi connectivity index (χ1v) is 9.73. The third-order valence-corrected chi connectivity index (χ3v) is 5.44. The van der Waals surface area contributed by atoms with Crippen molar-refractivity contribution in [3.05, 3.63) is 0 Å². The van der Waals surface area contributed by atoms with Gasteiger partial charge in [-0.2, -0.15) is 0 Å². The largest absolute Gasteiger partial charge is 0.432 e. The van der Waals surface area contributed by atoms with E-state index in [0.717, 1.165) is 6.54 Å². The van der Waals surface area contributed by atoms with E-state index in [1.54, 1.807) is 0 Å². The Bertz CT molecular complexity index is 597. The minimum atomic E-state index is -0.831. The van der Waals surface area contributed by atoms with Gasteiger partial charge in [0.05, 0.1) is 0 Å². The second kappa shape index (κ2) is 9.83. The molecule has 0 aromatic rings. The predicted octanol–water partition coefficient (Wildman–Crippen LogP) is -0.304. The molecule has 2 N–H and O–H groups in total. The monoisotopic (exact) mass is 407 g/mol. The zero-order valence-electron chi connectivity index (χ0n) is 17.1. The Kier molecular flexibility index (Phi) is 7.76. The van der Waals surface area contributed by atoms with Crippen LogP contribution in [-0.4, -0.2) is 90.5 Å². The van der Waals surface area contributed by atoms with Gasteiger partial charge in [-0.3, -0.25) is 24.2 Å². The number of nitrogens with zero attached hydrogens (tertiary/aromatic N) is 3. The molecule has 2 heterocycles. The highest BCUT2D eigenvalue weighted by Crippen LogP contribution is 2.18. The maximum atomic E-state index is 12.5. The number of nitrogens with one attached hydrogen (secondary N) is 2. The fourth-order valence-electron chi connectivity index (χ4n) is 3.60. The van der Waals surface area contributed by atoms with Gasteiger partial charge in [0.25, 0.3) is 11.8 Å². The zero-order valence-corrected chi connectivity index (χ0v) is 17.1. The molecule has 2 aliphatic heterocycles. The van der Waals surface area contributed by atoms with Crippen LogP contribution in [0.15, 0.2) is 0 Å². The van der Waals surface area contributed by atoms with E-state index in [2.05, 4.69) is 34.3 Å². The summed E-state index contributed by atoms with van der Waals surface area (Å²) < 4.78 is 0. The van der Waals surface area contributed by atoms with Gasteiger partial charge in [-0.15, -0.1) is 5.06 Å². The molecule has 2 saturated heterocycles. The highest BCUT2D eigenvalue weighted by molar-refractivity contribution is 6.01. The number of piperazine rings is 1. The Morgan fingerprint density at radius 3 is 2.21 bits per heavy atom. The molecule has 3 atom stereocenters. The second-order valence-corrected chi connectivity index (χ2v) is 7.53. The summed E-state index contributed by atoms with van der Waals surface area (Å²) in [5.74, 6) is -1.01. The van der Waals surface area contributed by atoms with Gasteiger partial charge in [-0.25, -0.2) is 4.79 Å². The van der Waals surface area contributed by atoms with Gasteiger partial charge in [0.15, 0.2) is 0 Å². The minimum Gasteiger partial charge on any atom is -0.355 e. The van der Waals surface area contributed by atoms with Crippen molar-refractivity contribution in [2.75, 3.05) is 33.7 Å². The summed E-state index contributed by atoms with van der Waals surface area (Å²) in [5, 5.41) is 5.96. The second-order valence-electron chi connectivity index (χ2n) is 7.53. The van der Waals surface area contributed by atoms with Crippen molar-refractivity contribution in [1.82, 2.24) is 25.5 Å². The SMILES string of the molecule is C[13CH]1[13CH](C(=O)[15NH]CCCC[15NH]C(=O)ON2C(=O)CCC2=O)N([13CH3])[13CH2][13CH]([13CH3])[15N]1[13CH3]. The molecular formula is C18H31N5O5. The van der Waals surface area contributed by atoms with Gasteiger partial charge in [-0.05, 0) is 40.8 Å². The topological polar surface area (TPSA) is 111 Å². The molecule has 3 unspecified atom stereocenters. The van der Waals surface area contributed by atoms with Crippen LogP contribution >= 0.6 is 0 Å². The van der Waals surface area contributed by atoms with Crippen LogP contribution in [0, 0.1) is 0 Å². The van der Waals surface area contributed by atoms with Gasteiger partial charge in [0.2, 0.25) is 5.91 Å². The molecular weight excluding hydrogens is 376 g/mol. The van der Waals surface area contributed by atoms with Gasteiger partial charge >= 0.3 is 6.09 Å². The molecule has 0 aromatic heterocycles. The van der Waals surface area contributed by atoms with Crippen LogP contribution in [0.2, 0.25) is 0 Å². The van der Waals surface area contributed by atoms with E-state index in [1.807, 2.05) is 14.1 Å². The number of hydrogen-bond donors (Lipinski definition) is 2. The summed E-state index contributed by atoms with van der Waals surface area (Å²) in [7, 11) is 4.01. The first kappa shape index (κ1) is 22.1. The number of imide groups is 1. The summed E-state index contributed by atoms with van der Waals surface area (Å²) in [6.45, 7) is 5.88. The van der Waals surface area contributed by atoms with Crippen molar-refractivity contribution in [1.29, 1.82) is 0 Å². The number of carbonyl (C=O) groups is 4. The number of carbonyl (C=O) groups excluding carboxylic acids is 4. The van der Waals surface area contributed by atoms with Crippen LogP contribution in [0.3, 0.4) is 0 Å². The fraction of sp³-hybridized carbons (Fsp3) is 0.778. The van der Waals surface area contributed by atoms with E-state index in [1.165, 1.54) is 0 Å². The average Bonchev–Trinajstić information content (AvgIpc) is 2.94. The average molecular weight is 407 g/mol. The molecule has 2 fully saturated rings. The van der Waals surface area contributed by atoms with Crippen LogP contribution in [0.4, 0.5) is 4.79 Å². The van der Waals surface area contributed by atoms with Gasteiger partial charge in [-0.1, -0.05) is 0 Å². The van der Waals surface area contributed by atoms with Crippen LogP contribution in [-0.2, 0) is 19.2 Å². The molecule has 2 rings (SSSR count). The van der Waals surface area contributed by atoms with Crippen LogP contribution < -0.4 is 10.6 Å². The number of hydrogen-bond acceptors (Lipinski definition) is 7.